The van der Waals surface area contributed by atoms with Crippen molar-refractivity contribution in [2.75, 3.05) is 5.32 Å². The number of hydrogen-bond acceptors (Lipinski definition) is 4. The summed E-state index contributed by atoms with van der Waals surface area (Å²) in [5.74, 6) is -0.815. The Balaban J connectivity index is 1.66. The summed E-state index contributed by atoms with van der Waals surface area (Å²) in [4.78, 5) is 28.9. The molecule has 6 nitrogen and oxygen atoms in total. The van der Waals surface area contributed by atoms with E-state index < -0.39 is 5.91 Å². The molecule has 0 atom stereocenters. The van der Waals surface area contributed by atoms with E-state index >= 15 is 0 Å². The summed E-state index contributed by atoms with van der Waals surface area (Å²) >= 11 is 0. The standard InChI is InChI=1S/C22H18N4O2/c1-15-8-10-16(11-9-15)14-24-21(27)19-6-3-7-20(26-19)22(28)25-18-5-2-4-17(12-18)13-23/h2-12H,14H2,1H3,(H,24,27)(H,25,28). The molecule has 0 spiro atoms. The Morgan fingerprint density at radius 3 is 2.36 bits per heavy atom. The second-order valence-corrected chi connectivity index (χ2v) is 6.22. The molecule has 0 radical (unpaired) electrons. The second-order valence-electron chi connectivity index (χ2n) is 6.22. The minimum Gasteiger partial charge on any atom is -0.347 e. The van der Waals surface area contributed by atoms with Crippen LogP contribution < -0.4 is 10.6 Å². The number of nitrogens with zero attached hydrogens (tertiary/aromatic N) is 2. The van der Waals surface area contributed by atoms with Gasteiger partial charge in [0.1, 0.15) is 11.4 Å². The highest BCUT2D eigenvalue weighted by Crippen LogP contribution is 2.11. The van der Waals surface area contributed by atoms with Crippen LogP contribution in [0.5, 0.6) is 0 Å². The molecule has 1 heterocycles. The lowest BCUT2D eigenvalue weighted by atomic mass is 10.1. The predicted molar refractivity (Wildman–Crippen MR) is 106 cm³/mol. The van der Waals surface area contributed by atoms with Crippen LogP contribution in [0.3, 0.4) is 0 Å². The highest BCUT2D eigenvalue weighted by atomic mass is 16.2. The molecule has 1 aromatic heterocycles. The van der Waals surface area contributed by atoms with Crippen LogP contribution in [0.2, 0.25) is 0 Å². The summed E-state index contributed by atoms with van der Waals surface area (Å²) in [6.45, 7) is 2.37. The van der Waals surface area contributed by atoms with E-state index in [1.807, 2.05) is 37.3 Å². The number of anilines is 1. The highest BCUT2D eigenvalue weighted by molar-refractivity contribution is 6.03. The normalized spacial score (nSPS) is 10.0. The van der Waals surface area contributed by atoms with Crippen LogP contribution in [0.4, 0.5) is 5.69 Å². The van der Waals surface area contributed by atoms with Crippen LogP contribution in [0.15, 0.2) is 66.7 Å². The van der Waals surface area contributed by atoms with Crippen molar-refractivity contribution in [3.63, 3.8) is 0 Å². The zero-order valence-electron chi connectivity index (χ0n) is 15.3. The first kappa shape index (κ1) is 18.8. The van der Waals surface area contributed by atoms with Gasteiger partial charge in [-0.1, -0.05) is 42.0 Å². The fraction of sp³-hybridized carbons (Fsp3) is 0.0909. The van der Waals surface area contributed by atoms with E-state index in [0.717, 1.165) is 11.1 Å². The van der Waals surface area contributed by atoms with Crippen LogP contribution in [0.25, 0.3) is 0 Å². The van der Waals surface area contributed by atoms with Gasteiger partial charge < -0.3 is 10.6 Å². The molecule has 2 amide bonds. The SMILES string of the molecule is Cc1ccc(CNC(=O)c2cccc(C(=O)Nc3cccc(C#N)c3)n2)cc1. The van der Waals surface area contributed by atoms with Crippen molar-refractivity contribution in [3.05, 3.63) is 94.8 Å². The minimum absolute atomic E-state index is 0.116. The molecule has 6 heteroatoms. The van der Waals surface area contributed by atoms with Gasteiger partial charge in [0.05, 0.1) is 11.6 Å². The quantitative estimate of drug-likeness (QED) is 0.719. The Kier molecular flexibility index (Phi) is 5.78. The molecule has 0 aliphatic carbocycles. The largest absolute Gasteiger partial charge is 0.347 e. The topological polar surface area (TPSA) is 94.9 Å². The first-order valence-electron chi connectivity index (χ1n) is 8.67. The zero-order chi connectivity index (χ0) is 19.9. The molecular formula is C22H18N4O2. The van der Waals surface area contributed by atoms with Gasteiger partial charge in [-0.3, -0.25) is 9.59 Å². The number of nitriles is 1. The summed E-state index contributed by atoms with van der Waals surface area (Å²) < 4.78 is 0. The van der Waals surface area contributed by atoms with Gasteiger partial charge in [-0.25, -0.2) is 4.98 Å². The molecular weight excluding hydrogens is 352 g/mol. The van der Waals surface area contributed by atoms with E-state index in [2.05, 4.69) is 15.6 Å². The maximum Gasteiger partial charge on any atom is 0.274 e. The molecule has 28 heavy (non-hydrogen) atoms. The Labute approximate surface area is 162 Å². The van der Waals surface area contributed by atoms with Gasteiger partial charge in [-0.05, 0) is 42.8 Å². The molecule has 0 saturated carbocycles. The molecule has 2 N–H and O–H groups in total. The number of carbonyl (C=O) groups is 2. The van der Waals surface area contributed by atoms with Crippen LogP contribution in [0.1, 0.15) is 37.7 Å². The number of rotatable bonds is 5. The van der Waals surface area contributed by atoms with Crippen molar-refractivity contribution in [2.45, 2.75) is 13.5 Å². The smallest absolute Gasteiger partial charge is 0.274 e. The molecule has 3 aromatic rings. The summed E-state index contributed by atoms with van der Waals surface area (Å²) in [6, 6.07) is 21.1. The summed E-state index contributed by atoms with van der Waals surface area (Å²) in [5, 5.41) is 14.4. The van der Waals surface area contributed by atoms with Gasteiger partial charge in [0, 0.05) is 12.2 Å². The van der Waals surface area contributed by atoms with Crippen molar-refractivity contribution in [2.24, 2.45) is 0 Å². The number of nitrogens with one attached hydrogen (secondary N) is 2. The van der Waals surface area contributed by atoms with E-state index in [0.29, 0.717) is 17.8 Å². The minimum atomic E-state index is -0.455. The number of aryl methyl sites for hydroxylation is 1. The fourth-order valence-corrected chi connectivity index (χ4v) is 2.53. The first-order chi connectivity index (χ1) is 13.5. The van der Waals surface area contributed by atoms with Crippen LogP contribution >= 0.6 is 0 Å². The highest BCUT2D eigenvalue weighted by Gasteiger charge is 2.13. The maximum absolute atomic E-state index is 12.4. The molecule has 0 saturated heterocycles. The van der Waals surface area contributed by atoms with Gasteiger partial charge in [0.2, 0.25) is 0 Å². The van der Waals surface area contributed by atoms with Crippen LogP contribution in [0, 0.1) is 18.3 Å². The van der Waals surface area contributed by atoms with Crippen molar-refractivity contribution in [3.8, 4) is 6.07 Å². The van der Waals surface area contributed by atoms with Crippen molar-refractivity contribution in [1.29, 1.82) is 5.26 Å². The molecule has 138 valence electrons. The molecule has 0 aliphatic rings. The van der Waals surface area contributed by atoms with Gasteiger partial charge in [-0.15, -0.1) is 0 Å². The number of aromatic nitrogens is 1. The van der Waals surface area contributed by atoms with Gasteiger partial charge in [0.25, 0.3) is 11.8 Å². The maximum atomic E-state index is 12.4. The molecule has 0 fully saturated rings. The third kappa shape index (κ3) is 4.80. The van der Waals surface area contributed by atoms with Crippen molar-refractivity contribution in [1.82, 2.24) is 10.3 Å². The summed E-state index contributed by atoms with van der Waals surface area (Å²) in [5.41, 5.74) is 3.33. The third-order valence-electron chi connectivity index (χ3n) is 4.04. The van der Waals surface area contributed by atoms with E-state index in [-0.39, 0.29) is 17.3 Å². The fourth-order valence-electron chi connectivity index (χ4n) is 2.53. The third-order valence-corrected chi connectivity index (χ3v) is 4.04. The number of benzene rings is 2. The summed E-state index contributed by atoms with van der Waals surface area (Å²) in [6.07, 6.45) is 0. The average Bonchev–Trinajstić information content (AvgIpc) is 2.73. The number of carbonyl (C=O) groups excluding carboxylic acids is 2. The van der Waals surface area contributed by atoms with Crippen LogP contribution in [-0.2, 0) is 6.54 Å². The lowest BCUT2D eigenvalue weighted by Crippen LogP contribution is -2.25. The molecule has 3 rings (SSSR count). The van der Waals surface area contributed by atoms with E-state index in [1.165, 1.54) is 6.07 Å². The Hall–Kier alpha value is -3.98. The Morgan fingerprint density at radius 2 is 1.64 bits per heavy atom. The average molecular weight is 370 g/mol. The number of pyridine rings is 1. The first-order valence-corrected chi connectivity index (χ1v) is 8.67. The lowest BCUT2D eigenvalue weighted by molar-refractivity contribution is 0.0945. The van der Waals surface area contributed by atoms with Crippen molar-refractivity contribution < 1.29 is 9.59 Å². The molecule has 2 aromatic carbocycles. The zero-order valence-corrected chi connectivity index (χ0v) is 15.3. The number of amides is 2. The Morgan fingerprint density at radius 1 is 0.964 bits per heavy atom. The second kappa shape index (κ2) is 8.60. The van der Waals surface area contributed by atoms with Gasteiger partial charge in [-0.2, -0.15) is 5.26 Å². The Bertz CT molecular complexity index is 1050. The molecule has 0 unspecified atom stereocenters. The van der Waals surface area contributed by atoms with Crippen molar-refractivity contribution >= 4 is 17.5 Å². The molecule has 0 bridgehead atoms. The van der Waals surface area contributed by atoms with E-state index in [9.17, 15) is 9.59 Å². The van der Waals surface area contributed by atoms with Gasteiger partial charge in [0.15, 0.2) is 0 Å². The monoisotopic (exact) mass is 370 g/mol. The summed E-state index contributed by atoms with van der Waals surface area (Å²) in [7, 11) is 0. The van der Waals surface area contributed by atoms with Gasteiger partial charge >= 0.3 is 0 Å². The van der Waals surface area contributed by atoms with E-state index in [1.54, 1.807) is 36.4 Å². The van der Waals surface area contributed by atoms with Crippen LogP contribution in [-0.4, -0.2) is 16.8 Å². The molecule has 0 aliphatic heterocycles. The number of hydrogen-bond donors (Lipinski definition) is 2. The lowest BCUT2D eigenvalue weighted by Gasteiger charge is -2.08. The van der Waals surface area contributed by atoms with E-state index in [4.69, 9.17) is 5.26 Å². The predicted octanol–water partition coefficient (Wildman–Crippen LogP) is 3.44.